The quantitative estimate of drug-likeness (QED) is 0.422. The molecule has 1 amide bonds. The number of aromatic amines is 1. The lowest BCUT2D eigenvalue weighted by Crippen LogP contribution is -2.36. The van der Waals surface area contributed by atoms with Crippen LogP contribution in [0.15, 0.2) is 50.9 Å². The Hall–Kier alpha value is -2.98. The summed E-state index contributed by atoms with van der Waals surface area (Å²) in [5, 5.41) is 4.60. The van der Waals surface area contributed by atoms with Crippen molar-refractivity contribution in [2.45, 2.75) is 44.3 Å². The number of amides is 1. The van der Waals surface area contributed by atoms with Gasteiger partial charge in [-0.3, -0.25) is 14.5 Å². The SMILES string of the molecule is CC(C)(C)c1cc(=O)[nH]c(SCC(=O)N2CCCN(Cc3noc(-c4ccccc4)n3)CC2)n1. The minimum atomic E-state index is -0.234. The van der Waals surface area contributed by atoms with Gasteiger partial charge < -0.3 is 14.4 Å². The molecule has 1 aliphatic rings. The largest absolute Gasteiger partial charge is 0.341 e. The van der Waals surface area contributed by atoms with E-state index in [-0.39, 0.29) is 22.6 Å². The highest BCUT2D eigenvalue weighted by Crippen LogP contribution is 2.21. The molecule has 34 heavy (non-hydrogen) atoms. The van der Waals surface area contributed by atoms with Crippen molar-refractivity contribution in [3.05, 3.63) is 58.3 Å². The predicted octanol–water partition coefficient (Wildman–Crippen LogP) is 2.94. The highest BCUT2D eigenvalue weighted by atomic mass is 32.2. The van der Waals surface area contributed by atoms with Gasteiger partial charge in [0.2, 0.25) is 5.91 Å². The molecule has 1 saturated heterocycles. The monoisotopic (exact) mass is 482 g/mol. The summed E-state index contributed by atoms with van der Waals surface area (Å²) in [5.74, 6) is 1.44. The molecular weight excluding hydrogens is 452 g/mol. The maximum atomic E-state index is 12.8. The summed E-state index contributed by atoms with van der Waals surface area (Å²) in [6.07, 6.45) is 0.869. The van der Waals surface area contributed by atoms with Crippen molar-refractivity contribution in [3.63, 3.8) is 0 Å². The summed E-state index contributed by atoms with van der Waals surface area (Å²) in [6, 6.07) is 11.2. The first-order valence-corrected chi connectivity index (χ1v) is 12.4. The Morgan fingerprint density at radius 3 is 2.68 bits per heavy atom. The van der Waals surface area contributed by atoms with E-state index in [1.165, 1.54) is 17.8 Å². The van der Waals surface area contributed by atoms with Gasteiger partial charge in [0.1, 0.15) is 0 Å². The smallest absolute Gasteiger partial charge is 0.257 e. The van der Waals surface area contributed by atoms with Crippen molar-refractivity contribution in [3.8, 4) is 11.5 Å². The number of carbonyl (C=O) groups is 1. The average molecular weight is 483 g/mol. The Kier molecular flexibility index (Phi) is 7.47. The topological polar surface area (TPSA) is 108 Å². The molecule has 1 N–H and O–H groups in total. The van der Waals surface area contributed by atoms with E-state index in [4.69, 9.17) is 4.52 Å². The molecule has 10 heteroatoms. The van der Waals surface area contributed by atoms with Crippen LogP contribution in [0.2, 0.25) is 0 Å². The van der Waals surface area contributed by atoms with Crippen LogP contribution in [0, 0.1) is 0 Å². The van der Waals surface area contributed by atoms with Crippen molar-refractivity contribution >= 4 is 17.7 Å². The van der Waals surface area contributed by atoms with E-state index in [2.05, 4.69) is 25.0 Å². The highest BCUT2D eigenvalue weighted by Gasteiger charge is 2.22. The van der Waals surface area contributed by atoms with Crippen molar-refractivity contribution in [2.24, 2.45) is 0 Å². The zero-order valence-corrected chi connectivity index (χ0v) is 20.6. The third kappa shape index (κ3) is 6.32. The molecule has 1 aromatic carbocycles. The van der Waals surface area contributed by atoms with Crippen LogP contribution < -0.4 is 5.56 Å². The van der Waals surface area contributed by atoms with Crippen LogP contribution in [0.25, 0.3) is 11.5 Å². The molecule has 0 atom stereocenters. The Morgan fingerprint density at radius 1 is 1.12 bits per heavy atom. The highest BCUT2D eigenvalue weighted by molar-refractivity contribution is 7.99. The van der Waals surface area contributed by atoms with Crippen LogP contribution in [0.5, 0.6) is 0 Å². The molecule has 3 heterocycles. The van der Waals surface area contributed by atoms with Crippen molar-refractivity contribution < 1.29 is 9.32 Å². The zero-order chi connectivity index (χ0) is 24.1. The number of benzene rings is 1. The number of hydrogen-bond donors (Lipinski definition) is 1. The van der Waals surface area contributed by atoms with Gasteiger partial charge in [0.15, 0.2) is 11.0 Å². The first-order valence-electron chi connectivity index (χ1n) is 11.4. The summed E-state index contributed by atoms with van der Waals surface area (Å²) in [5.41, 5.74) is 1.18. The number of carbonyl (C=O) groups excluding carboxylic acids is 1. The molecule has 2 aromatic heterocycles. The minimum absolute atomic E-state index is 0.0431. The molecule has 0 saturated carbocycles. The maximum absolute atomic E-state index is 12.8. The summed E-state index contributed by atoms with van der Waals surface area (Å²) >= 11 is 1.27. The van der Waals surface area contributed by atoms with E-state index in [9.17, 15) is 9.59 Å². The first-order chi connectivity index (χ1) is 16.3. The van der Waals surface area contributed by atoms with Gasteiger partial charge in [-0.25, -0.2) is 4.98 Å². The zero-order valence-electron chi connectivity index (χ0n) is 19.8. The van der Waals surface area contributed by atoms with Gasteiger partial charge in [0.05, 0.1) is 18.0 Å². The lowest BCUT2D eigenvalue weighted by molar-refractivity contribution is -0.128. The predicted molar refractivity (Wildman–Crippen MR) is 130 cm³/mol. The molecule has 4 rings (SSSR count). The molecule has 180 valence electrons. The van der Waals surface area contributed by atoms with Crippen LogP contribution in [-0.2, 0) is 16.8 Å². The summed E-state index contributed by atoms with van der Waals surface area (Å²) in [7, 11) is 0. The molecular formula is C24H30N6O3S. The molecule has 0 spiro atoms. The summed E-state index contributed by atoms with van der Waals surface area (Å²) < 4.78 is 5.41. The first kappa shape index (κ1) is 24.2. The lowest BCUT2D eigenvalue weighted by Gasteiger charge is -2.21. The fourth-order valence-corrected chi connectivity index (χ4v) is 4.48. The second-order valence-corrected chi connectivity index (χ2v) is 10.3. The molecule has 0 unspecified atom stereocenters. The van der Waals surface area contributed by atoms with Crippen molar-refractivity contribution in [1.29, 1.82) is 0 Å². The van der Waals surface area contributed by atoms with Gasteiger partial charge in [-0.2, -0.15) is 4.98 Å². The number of H-pyrrole nitrogens is 1. The Labute approximate surface area is 203 Å². The van der Waals surface area contributed by atoms with Crippen LogP contribution in [0.3, 0.4) is 0 Å². The second-order valence-electron chi connectivity index (χ2n) is 9.37. The van der Waals surface area contributed by atoms with Gasteiger partial charge in [-0.1, -0.05) is 55.9 Å². The van der Waals surface area contributed by atoms with Gasteiger partial charge >= 0.3 is 0 Å². The molecule has 3 aromatic rings. The van der Waals surface area contributed by atoms with Crippen LogP contribution in [-0.4, -0.2) is 67.7 Å². The van der Waals surface area contributed by atoms with Crippen LogP contribution >= 0.6 is 11.8 Å². The van der Waals surface area contributed by atoms with Crippen molar-refractivity contribution in [1.82, 2.24) is 29.9 Å². The van der Waals surface area contributed by atoms with Gasteiger partial charge in [0, 0.05) is 43.2 Å². The summed E-state index contributed by atoms with van der Waals surface area (Å²) in [4.78, 5) is 40.7. The lowest BCUT2D eigenvalue weighted by atomic mass is 9.92. The Bertz CT molecular complexity index is 1170. The number of aromatic nitrogens is 4. The fourth-order valence-electron chi connectivity index (χ4n) is 3.70. The van der Waals surface area contributed by atoms with E-state index in [0.29, 0.717) is 42.2 Å². The van der Waals surface area contributed by atoms with Gasteiger partial charge in [-0.05, 0) is 18.6 Å². The van der Waals surface area contributed by atoms with Crippen molar-refractivity contribution in [2.75, 3.05) is 31.9 Å². The molecule has 0 bridgehead atoms. The van der Waals surface area contributed by atoms with Crippen LogP contribution in [0.4, 0.5) is 0 Å². The third-order valence-electron chi connectivity index (χ3n) is 5.62. The Morgan fingerprint density at radius 2 is 1.91 bits per heavy atom. The van der Waals surface area contributed by atoms with Gasteiger partial charge in [0.25, 0.3) is 11.4 Å². The van der Waals surface area contributed by atoms with E-state index < -0.39 is 0 Å². The van der Waals surface area contributed by atoms with E-state index in [1.54, 1.807) is 0 Å². The Balaban J connectivity index is 1.30. The second kappa shape index (κ2) is 10.5. The molecule has 1 fully saturated rings. The van der Waals surface area contributed by atoms with E-state index in [0.717, 1.165) is 25.1 Å². The number of thioether (sulfide) groups is 1. The van der Waals surface area contributed by atoms with E-state index in [1.807, 2.05) is 56.0 Å². The number of hydrogen-bond acceptors (Lipinski definition) is 8. The average Bonchev–Trinajstić information content (AvgIpc) is 3.15. The fraction of sp³-hybridized carbons (Fsp3) is 0.458. The minimum Gasteiger partial charge on any atom is -0.341 e. The standard InChI is InChI=1S/C24H30N6O3S/c1-24(2,3)18-14-20(31)27-23(25-18)34-16-21(32)30-11-7-10-29(12-13-30)15-19-26-22(33-28-19)17-8-5-4-6-9-17/h4-6,8-9,14H,7,10-13,15-16H2,1-3H3,(H,25,27,31). The number of rotatable bonds is 6. The van der Waals surface area contributed by atoms with E-state index >= 15 is 0 Å². The maximum Gasteiger partial charge on any atom is 0.257 e. The normalized spacial score (nSPS) is 15.3. The molecule has 1 aliphatic heterocycles. The molecule has 0 radical (unpaired) electrons. The summed E-state index contributed by atoms with van der Waals surface area (Å²) in [6.45, 7) is 9.53. The third-order valence-corrected chi connectivity index (χ3v) is 6.47. The number of nitrogens with one attached hydrogen (secondary N) is 1. The molecule has 9 nitrogen and oxygen atoms in total. The van der Waals surface area contributed by atoms with Crippen LogP contribution in [0.1, 0.15) is 38.7 Å². The molecule has 0 aliphatic carbocycles. The van der Waals surface area contributed by atoms with Gasteiger partial charge in [-0.15, -0.1) is 0 Å². The number of nitrogens with zero attached hydrogens (tertiary/aromatic N) is 5.